The zero-order valence-corrected chi connectivity index (χ0v) is 18.5. The van der Waals surface area contributed by atoms with Gasteiger partial charge < -0.3 is 10.6 Å². The predicted molar refractivity (Wildman–Crippen MR) is 116 cm³/mol. The van der Waals surface area contributed by atoms with Gasteiger partial charge in [-0.25, -0.2) is 4.99 Å². The van der Waals surface area contributed by atoms with Crippen molar-refractivity contribution in [3.63, 3.8) is 0 Å². The Morgan fingerprint density at radius 2 is 1.90 bits per heavy atom. The molecule has 0 aromatic carbocycles. The molecule has 0 aromatic rings. The first-order valence-corrected chi connectivity index (χ1v) is 11.9. The summed E-state index contributed by atoms with van der Waals surface area (Å²) in [6, 6.07) is 0. The van der Waals surface area contributed by atoms with Crippen LogP contribution in [0.25, 0.3) is 0 Å². The number of carbonyl (C=O) groups is 2. The molecule has 2 aliphatic heterocycles. The summed E-state index contributed by atoms with van der Waals surface area (Å²) in [6.07, 6.45) is 13.8. The van der Waals surface area contributed by atoms with Crippen LogP contribution in [-0.2, 0) is 9.59 Å². The molecule has 0 radical (unpaired) electrons. The van der Waals surface area contributed by atoms with Gasteiger partial charge in [0, 0.05) is 26.6 Å². The summed E-state index contributed by atoms with van der Waals surface area (Å²) in [6.45, 7) is 3.74. The highest BCUT2D eigenvalue weighted by Crippen LogP contribution is 2.38. The number of nitrogens with zero attached hydrogens (tertiary/aromatic N) is 3. The molecular weight excluding hydrogens is 364 g/mol. The Balaban J connectivity index is 1.66. The molecule has 2 heterocycles. The van der Waals surface area contributed by atoms with Gasteiger partial charge in [0.2, 0.25) is 5.91 Å². The zero-order valence-electron chi connectivity index (χ0n) is 18.5. The SMILES string of the molecule is CCCCC(=O)N1CCC[C@@H](C[C@]2(CCC3CCCCC3)N=C(N)N(C)C2=O)C1. The van der Waals surface area contributed by atoms with Crippen molar-refractivity contribution in [2.24, 2.45) is 22.6 Å². The smallest absolute Gasteiger partial charge is 0.257 e. The van der Waals surface area contributed by atoms with Gasteiger partial charge in [0.1, 0.15) is 5.54 Å². The average molecular weight is 405 g/mol. The van der Waals surface area contributed by atoms with Crippen molar-refractivity contribution in [2.75, 3.05) is 20.1 Å². The number of rotatable bonds is 8. The fourth-order valence-corrected chi connectivity index (χ4v) is 5.50. The fraction of sp³-hybridized carbons (Fsp3) is 0.870. The maximum absolute atomic E-state index is 13.2. The molecule has 2 fully saturated rings. The molecule has 29 heavy (non-hydrogen) atoms. The molecule has 0 aromatic heterocycles. The van der Waals surface area contributed by atoms with Crippen molar-refractivity contribution in [1.82, 2.24) is 9.80 Å². The van der Waals surface area contributed by atoms with E-state index in [1.165, 1.54) is 37.0 Å². The van der Waals surface area contributed by atoms with E-state index in [0.29, 0.717) is 24.2 Å². The highest BCUT2D eigenvalue weighted by Gasteiger charge is 2.48. The minimum absolute atomic E-state index is 0.0558. The minimum Gasteiger partial charge on any atom is -0.369 e. The second-order valence-corrected chi connectivity index (χ2v) is 9.56. The van der Waals surface area contributed by atoms with E-state index in [1.807, 2.05) is 4.90 Å². The Labute approximate surface area is 176 Å². The van der Waals surface area contributed by atoms with Crippen LogP contribution in [0.1, 0.15) is 90.4 Å². The number of hydrogen-bond acceptors (Lipinski definition) is 4. The Morgan fingerprint density at radius 1 is 1.17 bits per heavy atom. The first-order chi connectivity index (χ1) is 13.9. The summed E-state index contributed by atoms with van der Waals surface area (Å²) < 4.78 is 0. The molecule has 3 rings (SSSR count). The lowest BCUT2D eigenvalue weighted by molar-refractivity contribution is -0.134. The standard InChI is InChI=1S/C23H40N4O2/c1-3-4-12-20(28)27-15-8-11-19(17-27)16-23(21(29)26(2)22(24)25-23)14-13-18-9-6-5-7-10-18/h18-19H,3-17H2,1-2H3,(H2,24,25)/t19-,23-/m0/s1. The van der Waals surface area contributed by atoms with E-state index in [0.717, 1.165) is 58.0 Å². The second-order valence-electron chi connectivity index (χ2n) is 9.56. The van der Waals surface area contributed by atoms with Crippen molar-refractivity contribution in [3.05, 3.63) is 0 Å². The summed E-state index contributed by atoms with van der Waals surface area (Å²) in [7, 11) is 1.74. The molecule has 3 aliphatic rings. The number of likely N-dealkylation sites (N-methyl/N-ethyl adjacent to an activating group) is 1. The lowest BCUT2D eigenvalue weighted by Gasteiger charge is -2.37. The molecular formula is C23H40N4O2. The molecule has 0 spiro atoms. The minimum atomic E-state index is -0.712. The van der Waals surface area contributed by atoms with E-state index in [4.69, 9.17) is 10.7 Å². The molecule has 0 unspecified atom stereocenters. The lowest BCUT2D eigenvalue weighted by Crippen LogP contribution is -2.46. The Morgan fingerprint density at radius 3 is 2.55 bits per heavy atom. The largest absolute Gasteiger partial charge is 0.369 e. The normalized spacial score (nSPS) is 28.7. The highest BCUT2D eigenvalue weighted by molar-refractivity contribution is 6.06. The number of aliphatic imine (C=N–C) groups is 1. The molecule has 1 saturated carbocycles. The zero-order chi connectivity index (χ0) is 20.9. The second kappa shape index (κ2) is 9.94. The van der Waals surface area contributed by atoms with E-state index in [9.17, 15) is 9.59 Å². The summed E-state index contributed by atoms with van der Waals surface area (Å²) in [5, 5.41) is 0. The topological polar surface area (TPSA) is 79.0 Å². The molecule has 1 saturated heterocycles. The van der Waals surface area contributed by atoms with Crippen LogP contribution in [-0.4, -0.2) is 53.2 Å². The summed E-state index contributed by atoms with van der Waals surface area (Å²) in [5.41, 5.74) is 5.37. The van der Waals surface area contributed by atoms with Crippen LogP contribution >= 0.6 is 0 Å². The van der Waals surface area contributed by atoms with Crippen molar-refractivity contribution in [2.45, 2.75) is 95.9 Å². The lowest BCUT2D eigenvalue weighted by atomic mass is 9.77. The number of hydrogen-bond donors (Lipinski definition) is 1. The Bertz CT molecular complexity index is 614. The molecule has 6 nitrogen and oxygen atoms in total. The van der Waals surface area contributed by atoms with Crippen molar-refractivity contribution >= 4 is 17.8 Å². The van der Waals surface area contributed by atoms with Gasteiger partial charge in [0.05, 0.1) is 0 Å². The third-order valence-electron chi connectivity index (χ3n) is 7.31. The van der Waals surface area contributed by atoms with Gasteiger partial charge in [-0.3, -0.25) is 14.5 Å². The van der Waals surface area contributed by atoms with Gasteiger partial charge in [-0.05, 0) is 50.4 Å². The number of amides is 2. The third-order valence-corrected chi connectivity index (χ3v) is 7.31. The third kappa shape index (κ3) is 5.32. The van der Waals surface area contributed by atoms with E-state index >= 15 is 0 Å². The van der Waals surface area contributed by atoms with Crippen LogP contribution in [0.2, 0.25) is 0 Å². The number of piperidine rings is 1. The summed E-state index contributed by atoms with van der Waals surface area (Å²) in [4.78, 5) is 34.0. The van der Waals surface area contributed by atoms with Crippen LogP contribution < -0.4 is 5.73 Å². The van der Waals surface area contributed by atoms with Crippen LogP contribution in [0, 0.1) is 11.8 Å². The van der Waals surface area contributed by atoms with Crippen LogP contribution in [0.5, 0.6) is 0 Å². The highest BCUT2D eigenvalue weighted by atomic mass is 16.2. The van der Waals surface area contributed by atoms with Gasteiger partial charge >= 0.3 is 0 Å². The molecule has 2 amide bonds. The first kappa shape index (κ1) is 22.1. The Hall–Kier alpha value is -1.59. The van der Waals surface area contributed by atoms with Crippen molar-refractivity contribution < 1.29 is 9.59 Å². The average Bonchev–Trinajstić information content (AvgIpc) is 2.95. The molecule has 1 aliphatic carbocycles. The van der Waals surface area contributed by atoms with Gasteiger partial charge in [-0.15, -0.1) is 0 Å². The monoisotopic (exact) mass is 404 g/mol. The predicted octanol–water partition coefficient (Wildman–Crippen LogP) is 3.69. The van der Waals surface area contributed by atoms with Crippen molar-refractivity contribution in [1.29, 1.82) is 0 Å². The molecule has 0 bridgehead atoms. The van der Waals surface area contributed by atoms with E-state index < -0.39 is 5.54 Å². The fourth-order valence-electron chi connectivity index (χ4n) is 5.50. The van der Waals surface area contributed by atoms with Gasteiger partial charge in [0.25, 0.3) is 5.91 Å². The van der Waals surface area contributed by atoms with Gasteiger partial charge in [0.15, 0.2) is 5.96 Å². The summed E-state index contributed by atoms with van der Waals surface area (Å²) >= 11 is 0. The van der Waals surface area contributed by atoms with Crippen molar-refractivity contribution in [3.8, 4) is 0 Å². The first-order valence-electron chi connectivity index (χ1n) is 11.9. The molecule has 2 N–H and O–H groups in total. The maximum atomic E-state index is 13.2. The summed E-state index contributed by atoms with van der Waals surface area (Å²) in [5.74, 6) is 1.72. The number of guanidine groups is 1. The number of likely N-dealkylation sites (tertiary alicyclic amines) is 1. The van der Waals surface area contributed by atoms with Gasteiger partial charge in [-0.2, -0.15) is 0 Å². The van der Waals surface area contributed by atoms with Crippen LogP contribution in [0.3, 0.4) is 0 Å². The maximum Gasteiger partial charge on any atom is 0.257 e. The molecule has 164 valence electrons. The quantitative estimate of drug-likeness (QED) is 0.670. The Kier molecular flexibility index (Phi) is 7.58. The number of unbranched alkanes of at least 4 members (excludes halogenated alkanes) is 1. The van der Waals surface area contributed by atoms with Gasteiger partial charge in [-0.1, -0.05) is 45.4 Å². The number of nitrogens with two attached hydrogens (primary N) is 1. The number of carbonyl (C=O) groups excluding carboxylic acids is 2. The molecule has 2 atom stereocenters. The van der Waals surface area contributed by atoms with E-state index in [1.54, 1.807) is 7.05 Å². The van der Waals surface area contributed by atoms with Crippen LogP contribution in [0.15, 0.2) is 4.99 Å². The van der Waals surface area contributed by atoms with E-state index in [2.05, 4.69) is 6.92 Å². The molecule has 6 heteroatoms. The van der Waals surface area contributed by atoms with E-state index in [-0.39, 0.29) is 11.8 Å². The van der Waals surface area contributed by atoms with Crippen LogP contribution in [0.4, 0.5) is 0 Å².